The van der Waals surface area contributed by atoms with Gasteiger partial charge in [0.15, 0.2) is 5.96 Å². The fourth-order valence-corrected chi connectivity index (χ4v) is 4.65. The fourth-order valence-electron chi connectivity index (χ4n) is 3.80. The first-order valence-corrected chi connectivity index (χ1v) is 11.4. The van der Waals surface area contributed by atoms with Gasteiger partial charge in [0.05, 0.1) is 12.2 Å². The van der Waals surface area contributed by atoms with Crippen molar-refractivity contribution in [3.05, 3.63) is 51.5 Å². The lowest BCUT2D eigenvalue weighted by Gasteiger charge is -2.42. The van der Waals surface area contributed by atoms with Crippen LogP contribution in [0.3, 0.4) is 0 Å². The average Bonchev–Trinajstić information content (AvgIpc) is 3.21. The van der Waals surface area contributed by atoms with Crippen LogP contribution in [0.1, 0.15) is 48.7 Å². The summed E-state index contributed by atoms with van der Waals surface area (Å²) >= 11 is 1.64. The molecule has 0 spiro atoms. The fraction of sp³-hybridized carbons (Fsp3) is 0.565. The van der Waals surface area contributed by atoms with E-state index in [2.05, 4.69) is 70.6 Å². The summed E-state index contributed by atoms with van der Waals surface area (Å²) in [5.41, 5.74) is 3.99. The van der Waals surface area contributed by atoms with Crippen molar-refractivity contribution >= 4 is 17.3 Å². The van der Waals surface area contributed by atoms with Gasteiger partial charge in [0.1, 0.15) is 11.1 Å². The first-order chi connectivity index (χ1) is 14.3. The third kappa shape index (κ3) is 5.39. The maximum absolute atomic E-state index is 5.37. The highest BCUT2D eigenvalue weighted by Crippen LogP contribution is 2.25. The number of hydrogen-bond acceptors (Lipinski definition) is 5. The minimum atomic E-state index is 0.0199. The van der Waals surface area contributed by atoms with Gasteiger partial charge in [-0.3, -0.25) is 9.89 Å². The van der Waals surface area contributed by atoms with Crippen molar-refractivity contribution in [2.45, 2.75) is 51.9 Å². The lowest BCUT2D eigenvalue weighted by molar-refractivity contribution is 0.106. The number of nitrogens with zero attached hydrogens (tertiary/aromatic N) is 4. The van der Waals surface area contributed by atoms with Crippen molar-refractivity contribution in [3.8, 4) is 0 Å². The van der Waals surface area contributed by atoms with Crippen LogP contribution in [0, 0.1) is 0 Å². The molecular formula is C23H35N5OS. The second kappa shape index (κ2) is 9.90. The number of hydrogen-bond donors (Lipinski definition) is 1. The molecule has 2 aromatic rings. The highest BCUT2D eigenvalue weighted by Gasteiger charge is 2.30. The molecule has 2 heterocycles. The van der Waals surface area contributed by atoms with Crippen molar-refractivity contribution in [1.29, 1.82) is 0 Å². The Kier molecular flexibility index (Phi) is 7.50. The molecule has 1 aliphatic rings. The summed E-state index contributed by atoms with van der Waals surface area (Å²) in [7, 11) is 5.60. The number of thiazole rings is 1. The Bertz CT molecular complexity index is 863. The maximum atomic E-state index is 5.37. The Morgan fingerprint density at radius 1 is 1.37 bits per heavy atom. The molecule has 1 atom stereocenters. The van der Waals surface area contributed by atoms with Gasteiger partial charge < -0.3 is 15.0 Å². The first-order valence-electron chi connectivity index (χ1n) is 10.5. The zero-order chi connectivity index (χ0) is 21.7. The Hall–Kier alpha value is -1.96. The summed E-state index contributed by atoms with van der Waals surface area (Å²) in [5.74, 6) is 0.884. The number of methoxy groups -OCH3 is 1. The monoisotopic (exact) mass is 429 g/mol. The van der Waals surface area contributed by atoms with Gasteiger partial charge >= 0.3 is 0 Å². The number of nitrogens with one attached hydrogen (secondary N) is 1. The Labute approximate surface area is 185 Å². The van der Waals surface area contributed by atoms with E-state index >= 15 is 0 Å². The second-order valence-corrected chi connectivity index (χ2v) is 9.45. The molecule has 1 unspecified atom stereocenters. The van der Waals surface area contributed by atoms with Crippen LogP contribution in [0.15, 0.2) is 34.6 Å². The minimum Gasteiger partial charge on any atom is -0.375 e. The van der Waals surface area contributed by atoms with Crippen LogP contribution in [0.5, 0.6) is 0 Å². The molecule has 7 heteroatoms. The number of aromatic nitrogens is 1. The molecule has 1 aliphatic heterocycles. The van der Waals surface area contributed by atoms with Crippen LogP contribution >= 0.6 is 11.3 Å². The molecule has 164 valence electrons. The molecule has 1 aromatic carbocycles. The van der Waals surface area contributed by atoms with E-state index in [9.17, 15) is 0 Å². The number of rotatable bonds is 7. The van der Waals surface area contributed by atoms with Gasteiger partial charge in [0, 0.05) is 51.8 Å². The summed E-state index contributed by atoms with van der Waals surface area (Å²) in [4.78, 5) is 13.9. The second-order valence-electron chi connectivity index (χ2n) is 8.56. The molecule has 30 heavy (non-hydrogen) atoms. The predicted molar refractivity (Wildman–Crippen MR) is 125 cm³/mol. The molecule has 0 saturated carbocycles. The summed E-state index contributed by atoms with van der Waals surface area (Å²) in [6, 6.07) is 8.79. The molecule has 6 nitrogen and oxygen atoms in total. The Balaban J connectivity index is 1.57. The van der Waals surface area contributed by atoms with E-state index in [-0.39, 0.29) is 11.6 Å². The Morgan fingerprint density at radius 2 is 2.10 bits per heavy atom. The molecule has 0 aliphatic carbocycles. The summed E-state index contributed by atoms with van der Waals surface area (Å²) < 4.78 is 5.37. The number of benzene rings is 1. The van der Waals surface area contributed by atoms with Gasteiger partial charge in [-0.2, -0.15) is 0 Å². The lowest BCUT2D eigenvalue weighted by atomic mass is 9.94. The molecule has 0 fully saturated rings. The van der Waals surface area contributed by atoms with Gasteiger partial charge in [0.2, 0.25) is 0 Å². The van der Waals surface area contributed by atoms with Gasteiger partial charge in [-0.25, -0.2) is 4.98 Å². The van der Waals surface area contributed by atoms with Crippen LogP contribution in [-0.4, -0.2) is 60.6 Å². The van der Waals surface area contributed by atoms with E-state index in [0.717, 1.165) is 42.7 Å². The van der Waals surface area contributed by atoms with Crippen LogP contribution in [0.25, 0.3) is 0 Å². The first kappa shape index (κ1) is 22.7. The van der Waals surface area contributed by atoms with Crippen LogP contribution in [-0.2, 0) is 24.2 Å². The molecule has 0 amide bonds. The van der Waals surface area contributed by atoms with Crippen molar-refractivity contribution in [3.63, 3.8) is 0 Å². The van der Waals surface area contributed by atoms with Crippen LogP contribution in [0.2, 0.25) is 0 Å². The summed E-state index contributed by atoms with van der Waals surface area (Å²) in [5, 5.41) is 6.69. The van der Waals surface area contributed by atoms with E-state index in [1.165, 1.54) is 11.1 Å². The van der Waals surface area contributed by atoms with Crippen LogP contribution in [0.4, 0.5) is 0 Å². The van der Waals surface area contributed by atoms with E-state index < -0.39 is 0 Å². The normalized spacial score (nSPS) is 16.3. The SMILES string of the molecule is CN=C(NCC(C)(C)N1CCc2ccccc2C1)N(C)Cc1csc(C(C)OC)n1. The quantitative estimate of drug-likeness (QED) is 0.537. The number of guanidine groups is 1. The van der Waals surface area contributed by atoms with Crippen molar-refractivity contribution in [2.24, 2.45) is 4.99 Å². The third-order valence-corrected chi connectivity index (χ3v) is 6.96. The molecule has 1 aromatic heterocycles. The number of aliphatic imine (C=N–C) groups is 1. The van der Waals surface area contributed by atoms with Crippen molar-refractivity contribution < 1.29 is 4.74 Å². The van der Waals surface area contributed by atoms with Gasteiger partial charge in [-0.1, -0.05) is 24.3 Å². The smallest absolute Gasteiger partial charge is 0.193 e. The lowest BCUT2D eigenvalue weighted by Crippen LogP contribution is -2.54. The largest absolute Gasteiger partial charge is 0.375 e. The number of ether oxygens (including phenoxy) is 1. The zero-order valence-corrected chi connectivity index (χ0v) is 19.9. The summed E-state index contributed by atoms with van der Waals surface area (Å²) in [6.45, 7) is 10.3. The molecular weight excluding hydrogens is 394 g/mol. The molecule has 3 rings (SSSR count). The van der Waals surface area contributed by atoms with E-state index in [0.29, 0.717) is 6.54 Å². The topological polar surface area (TPSA) is 53.0 Å². The van der Waals surface area contributed by atoms with Gasteiger partial charge in [-0.15, -0.1) is 11.3 Å². The van der Waals surface area contributed by atoms with Crippen LogP contribution < -0.4 is 5.32 Å². The summed E-state index contributed by atoms with van der Waals surface area (Å²) in [6.07, 6.45) is 1.14. The molecule has 1 N–H and O–H groups in total. The van der Waals surface area contributed by atoms with E-state index in [4.69, 9.17) is 9.72 Å². The van der Waals surface area contributed by atoms with Crippen molar-refractivity contribution in [1.82, 2.24) is 20.1 Å². The maximum Gasteiger partial charge on any atom is 0.193 e. The zero-order valence-electron chi connectivity index (χ0n) is 19.1. The Morgan fingerprint density at radius 3 is 2.80 bits per heavy atom. The average molecular weight is 430 g/mol. The highest BCUT2D eigenvalue weighted by atomic mass is 32.1. The molecule has 0 radical (unpaired) electrons. The van der Waals surface area contributed by atoms with Gasteiger partial charge in [0.25, 0.3) is 0 Å². The standard InChI is InChI=1S/C23H35N5OS/c1-17(29-6)21-26-20(15-30-21)14-27(5)22(24-4)25-16-23(2,3)28-12-11-18-9-7-8-10-19(18)13-28/h7-10,15,17H,11-14,16H2,1-6H3,(H,24,25). The molecule has 0 bridgehead atoms. The highest BCUT2D eigenvalue weighted by molar-refractivity contribution is 7.09. The molecule has 0 saturated heterocycles. The third-order valence-electron chi connectivity index (χ3n) is 5.91. The minimum absolute atomic E-state index is 0.0199. The predicted octanol–water partition coefficient (Wildman–Crippen LogP) is 3.69. The number of fused-ring (bicyclic) bond motifs is 1. The van der Waals surface area contributed by atoms with Gasteiger partial charge in [-0.05, 0) is 38.3 Å². The van der Waals surface area contributed by atoms with E-state index in [1.807, 2.05) is 14.0 Å². The van der Waals surface area contributed by atoms with E-state index in [1.54, 1.807) is 18.4 Å². The van der Waals surface area contributed by atoms with Crippen molar-refractivity contribution in [2.75, 3.05) is 34.3 Å².